The van der Waals surface area contributed by atoms with Crippen LogP contribution in [0.25, 0.3) is 11.4 Å². The highest BCUT2D eigenvalue weighted by molar-refractivity contribution is 5.86. The maximum Gasteiger partial charge on any atom is 0.245 e. The third kappa shape index (κ3) is 3.80. The summed E-state index contributed by atoms with van der Waals surface area (Å²) in [6.45, 7) is 3.69. The molecular formula is C24H25FN4O2. The second-order valence-electron chi connectivity index (χ2n) is 8.29. The van der Waals surface area contributed by atoms with Gasteiger partial charge in [-0.25, -0.2) is 4.39 Å². The summed E-state index contributed by atoms with van der Waals surface area (Å²) in [5, 5.41) is 3.86. The Morgan fingerprint density at radius 1 is 1.13 bits per heavy atom. The first kappa shape index (κ1) is 19.7. The highest BCUT2D eigenvalue weighted by Gasteiger charge is 2.34. The van der Waals surface area contributed by atoms with Gasteiger partial charge in [-0.05, 0) is 55.0 Å². The van der Waals surface area contributed by atoms with E-state index >= 15 is 4.39 Å². The Bertz CT molecular complexity index is 1110. The fourth-order valence-corrected chi connectivity index (χ4v) is 4.67. The number of hydrogen-bond donors (Lipinski definition) is 0. The van der Waals surface area contributed by atoms with Crippen molar-refractivity contribution in [2.24, 2.45) is 0 Å². The van der Waals surface area contributed by atoms with Crippen molar-refractivity contribution < 1.29 is 13.7 Å². The minimum Gasteiger partial charge on any atom is -0.357 e. The average molecular weight is 420 g/mol. The summed E-state index contributed by atoms with van der Waals surface area (Å²) in [5.41, 5.74) is 3.53. The molecule has 2 aliphatic heterocycles. The third-order valence-corrected chi connectivity index (χ3v) is 6.27. The molecule has 3 heterocycles. The minimum atomic E-state index is -0.372. The highest BCUT2D eigenvalue weighted by Crippen LogP contribution is 2.31. The van der Waals surface area contributed by atoms with E-state index in [2.05, 4.69) is 22.3 Å². The molecule has 1 aromatic heterocycles. The summed E-state index contributed by atoms with van der Waals surface area (Å²) in [5.74, 6) is 0.514. The van der Waals surface area contributed by atoms with E-state index in [0.717, 1.165) is 25.7 Å². The summed E-state index contributed by atoms with van der Waals surface area (Å²) in [6, 6.07) is 12.9. The average Bonchev–Trinajstić information content (AvgIpc) is 3.24. The Morgan fingerprint density at radius 2 is 1.97 bits per heavy atom. The quantitative estimate of drug-likeness (QED) is 0.638. The molecule has 7 heteroatoms. The smallest absolute Gasteiger partial charge is 0.245 e. The van der Waals surface area contributed by atoms with Crippen molar-refractivity contribution in [2.45, 2.75) is 45.2 Å². The van der Waals surface area contributed by atoms with E-state index in [9.17, 15) is 4.79 Å². The fraction of sp³-hybridized carbons (Fsp3) is 0.375. The SMILES string of the molecule is Cc1nc(-c2ccc(N3CCCCC3C(=O)N3CCc4ccccc4C3)c(F)c2)no1. The molecule has 0 N–H and O–H groups in total. The van der Waals surface area contributed by atoms with Crippen molar-refractivity contribution in [3.05, 3.63) is 65.3 Å². The molecule has 1 atom stereocenters. The van der Waals surface area contributed by atoms with E-state index in [-0.39, 0.29) is 17.8 Å². The molecule has 1 amide bonds. The van der Waals surface area contributed by atoms with Gasteiger partial charge in [-0.2, -0.15) is 4.98 Å². The van der Waals surface area contributed by atoms with Crippen LogP contribution in [0.2, 0.25) is 0 Å². The van der Waals surface area contributed by atoms with Gasteiger partial charge in [-0.1, -0.05) is 29.4 Å². The Labute approximate surface area is 180 Å². The van der Waals surface area contributed by atoms with Gasteiger partial charge >= 0.3 is 0 Å². The predicted molar refractivity (Wildman–Crippen MR) is 115 cm³/mol. The zero-order chi connectivity index (χ0) is 21.4. The number of rotatable bonds is 3. The van der Waals surface area contributed by atoms with Crippen LogP contribution in [-0.4, -0.2) is 40.1 Å². The largest absolute Gasteiger partial charge is 0.357 e. The molecule has 1 saturated heterocycles. The van der Waals surface area contributed by atoms with Crippen LogP contribution < -0.4 is 4.90 Å². The molecule has 160 valence electrons. The van der Waals surface area contributed by atoms with E-state index in [1.54, 1.807) is 19.1 Å². The molecule has 2 aliphatic rings. The van der Waals surface area contributed by atoms with Gasteiger partial charge in [0.25, 0.3) is 0 Å². The number of halogens is 1. The van der Waals surface area contributed by atoms with Crippen molar-refractivity contribution in [3.8, 4) is 11.4 Å². The van der Waals surface area contributed by atoms with Crippen LogP contribution in [0, 0.1) is 12.7 Å². The lowest BCUT2D eigenvalue weighted by Gasteiger charge is -2.40. The van der Waals surface area contributed by atoms with Crippen molar-refractivity contribution in [1.29, 1.82) is 0 Å². The van der Waals surface area contributed by atoms with Gasteiger partial charge in [0, 0.05) is 32.1 Å². The topological polar surface area (TPSA) is 62.5 Å². The Kier molecular flexibility index (Phi) is 5.18. The molecule has 31 heavy (non-hydrogen) atoms. The molecule has 6 nitrogen and oxygen atoms in total. The molecule has 0 bridgehead atoms. The lowest BCUT2D eigenvalue weighted by molar-refractivity contribution is -0.134. The van der Waals surface area contributed by atoms with Gasteiger partial charge in [-0.3, -0.25) is 4.79 Å². The van der Waals surface area contributed by atoms with Crippen LogP contribution in [-0.2, 0) is 17.8 Å². The lowest BCUT2D eigenvalue weighted by atomic mass is 9.96. The zero-order valence-corrected chi connectivity index (χ0v) is 17.6. The first-order chi connectivity index (χ1) is 15.1. The molecule has 2 aromatic carbocycles. The first-order valence-electron chi connectivity index (χ1n) is 10.8. The number of fused-ring (bicyclic) bond motifs is 1. The van der Waals surface area contributed by atoms with Crippen LogP contribution in [0.4, 0.5) is 10.1 Å². The van der Waals surface area contributed by atoms with Crippen molar-refractivity contribution >= 4 is 11.6 Å². The number of amides is 1. The number of carbonyl (C=O) groups excluding carboxylic acids is 1. The summed E-state index contributed by atoms with van der Waals surface area (Å²) in [6.07, 6.45) is 3.51. The van der Waals surface area contributed by atoms with Crippen molar-refractivity contribution in [1.82, 2.24) is 15.0 Å². The lowest BCUT2D eigenvalue weighted by Crippen LogP contribution is -2.52. The first-order valence-corrected chi connectivity index (χ1v) is 10.8. The van der Waals surface area contributed by atoms with Crippen LogP contribution in [0.5, 0.6) is 0 Å². The molecule has 0 aliphatic carbocycles. The molecular weight excluding hydrogens is 395 g/mol. The molecule has 5 rings (SSSR count). The van der Waals surface area contributed by atoms with Gasteiger partial charge in [-0.15, -0.1) is 0 Å². The maximum atomic E-state index is 15.2. The summed E-state index contributed by atoms with van der Waals surface area (Å²) >= 11 is 0. The molecule has 0 saturated carbocycles. The number of carbonyl (C=O) groups is 1. The van der Waals surface area contributed by atoms with Crippen LogP contribution in [0.15, 0.2) is 47.0 Å². The number of benzene rings is 2. The van der Waals surface area contributed by atoms with Crippen molar-refractivity contribution in [3.63, 3.8) is 0 Å². The number of anilines is 1. The van der Waals surface area contributed by atoms with Crippen LogP contribution in [0.3, 0.4) is 0 Å². The highest BCUT2D eigenvalue weighted by atomic mass is 19.1. The standard InChI is InChI=1S/C24H25FN4O2/c1-16-26-23(27-31-16)18-9-10-21(20(25)14-18)29-12-5-4-8-22(29)24(30)28-13-11-17-6-2-3-7-19(17)15-28/h2-3,6-7,9-10,14,22H,4-5,8,11-13,15H2,1H3. The van der Waals surface area contributed by atoms with Gasteiger partial charge in [0.2, 0.25) is 17.6 Å². The van der Waals surface area contributed by atoms with Crippen molar-refractivity contribution in [2.75, 3.05) is 18.0 Å². The number of aromatic nitrogens is 2. The number of aryl methyl sites for hydroxylation is 1. The molecule has 3 aromatic rings. The summed E-state index contributed by atoms with van der Waals surface area (Å²) in [7, 11) is 0. The second-order valence-corrected chi connectivity index (χ2v) is 8.29. The monoisotopic (exact) mass is 420 g/mol. The van der Waals surface area contributed by atoms with E-state index in [4.69, 9.17) is 4.52 Å². The van der Waals surface area contributed by atoms with E-state index < -0.39 is 0 Å². The van der Waals surface area contributed by atoms with Gasteiger partial charge < -0.3 is 14.3 Å². The van der Waals surface area contributed by atoms with Crippen LogP contribution >= 0.6 is 0 Å². The van der Waals surface area contributed by atoms with E-state index in [1.165, 1.54) is 17.2 Å². The van der Waals surface area contributed by atoms with Gasteiger partial charge in [0.1, 0.15) is 11.9 Å². The molecule has 1 unspecified atom stereocenters. The Hall–Kier alpha value is -3.22. The summed E-state index contributed by atoms with van der Waals surface area (Å²) < 4.78 is 20.2. The number of hydrogen-bond acceptors (Lipinski definition) is 5. The molecule has 1 fully saturated rings. The maximum absolute atomic E-state index is 15.2. The molecule has 0 spiro atoms. The second kappa shape index (κ2) is 8.13. The van der Waals surface area contributed by atoms with Gasteiger partial charge in [0.05, 0.1) is 5.69 Å². The van der Waals surface area contributed by atoms with Crippen LogP contribution in [0.1, 0.15) is 36.3 Å². The predicted octanol–water partition coefficient (Wildman–Crippen LogP) is 4.13. The third-order valence-electron chi connectivity index (χ3n) is 6.27. The normalized spacial score (nSPS) is 18.7. The minimum absolute atomic E-state index is 0.0893. The number of piperidine rings is 1. The van der Waals surface area contributed by atoms with E-state index in [1.807, 2.05) is 21.9 Å². The fourth-order valence-electron chi connectivity index (χ4n) is 4.67. The molecule has 0 radical (unpaired) electrons. The summed E-state index contributed by atoms with van der Waals surface area (Å²) in [4.78, 5) is 21.5. The Balaban J connectivity index is 1.39. The van der Waals surface area contributed by atoms with E-state index in [0.29, 0.717) is 42.6 Å². The Morgan fingerprint density at radius 3 is 2.74 bits per heavy atom. The number of nitrogens with zero attached hydrogens (tertiary/aromatic N) is 4. The zero-order valence-electron chi connectivity index (χ0n) is 17.6. The van der Waals surface area contributed by atoms with Gasteiger partial charge in [0.15, 0.2) is 0 Å².